The predicted octanol–water partition coefficient (Wildman–Crippen LogP) is 3.33. The SMILES string of the molecule is CC(C)c1cccc(-c2cnc(N(C)C)nc2)c1. The van der Waals surface area contributed by atoms with Crippen molar-refractivity contribution in [2.75, 3.05) is 19.0 Å². The molecule has 1 heterocycles. The average Bonchev–Trinajstić information content (AvgIpc) is 2.39. The van der Waals surface area contributed by atoms with E-state index in [1.165, 1.54) is 11.1 Å². The molecule has 1 aromatic carbocycles. The Morgan fingerprint density at radius 2 is 1.67 bits per heavy atom. The Labute approximate surface area is 109 Å². The first-order valence-corrected chi connectivity index (χ1v) is 6.17. The number of nitrogens with zero attached hydrogens (tertiary/aromatic N) is 3. The molecule has 0 spiro atoms. The third-order valence-electron chi connectivity index (χ3n) is 2.92. The Morgan fingerprint density at radius 1 is 1.00 bits per heavy atom. The summed E-state index contributed by atoms with van der Waals surface area (Å²) < 4.78 is 0. The summed E-state index contributed by atoms with van der Waals surface area (Å²) in [4.78, 5) is 10.6. The topological polar surface area (TPSA) is 29.0 Å². The van der Waals surface area contributed by atoms with Gasteiger partial charge in [0.15, 0.2) is 0 Å². The molecular weight excluding hydrogens is 222 g/mol. The monoisotopic (exact) mass is 241 g/mol. The molecule has 0 fully saturated rings. The molecule has 2 rings (SSSR count). The highest BCUT2D eigenvalue weighted by atomic mass is 15.2. The van der Waals surface area contributed by atoms with Crippen LogP contribution < -0.4 is 4.90 Å². The third-order valence-corrected chi connectivity index (χ3v) is 2.92. The molecule has 0 aliphatic carbocycles. The Balaban J connectivity index is 2.33. The minimum atomic E-state index is 0.534. The van der Waals surface area contributed by atoms with E-state index in [9.17, 15) is 0 Å². The summed E-state index contributed by atoms with van der Waals surface area (Å²) in [5.74, 6) is 1.27. The number of hydrogen-bond acceptors (Lipinski definition) is 3. The van der Waals surface area contributed by atoms with Crippen LogP contribution in [0.4, 0.5) is 5.95 Å². The average molecular weight is 241 g/mol. The second-order valence-electron chi connectivity index (χ2n) is 4.95. The highest BCUT2D eigenvalue weighted by Crippen LogP contribution is 2.23. The summed E-state index contributed by atoms with van der Waals surface area (Å²) >= 11 is 0. The van der Waals surface area contributed by atoms with Gasteiger partial charge in [-0.25, -0.2) is 9.97 Å². The van der Waals surface area contributed by atoms with Crippen LogP contribution in [0.1, 0.15) is 25.3 Å². The van der Waals surface area contributed by atoms with Gasteiger partial charge in [-0.15, -0.1) is 0 Å². The number of benzene rings is 1. The Kier molecular flexibility index (Phi) is 3.60. The molecule has 0 atom stereocenters. The van der Waals surface area contributed by atoms with Gasteiger partial charge in [0.05, 0.1) is 0 Å². The van der Waals surface area contributed by atoms with E-state index in [0.29, 0.717) is 5.92 Å². The summed E-state index contributed by atoms with van der Waals surface area (Å²) in [7, 11) is 3.88. The van der Waals surface area contributed by atoms with Gasteiger partial charge < -0.3 is 4.90 Å². The smallest absolute Gasteiger partial charge is 0.224 e. The maximum absolute atomic E-state index is 4.34. The van der Waals surface area contributed by atoms with E-state index in [-0.39, 0.29) is 0 Å². The highest BCUT2D eigenvalue weighted by molar-refractivity contribution is 5.63. The fourth-order valence-electron chi connectivity index (χ4n) is 1.78. The Hall–Kier alpha value is -1.90. The van der Waals surface area contributed by atoms with Gasteiger partial charge in [0.2, 0.25) is 5.95 Å². The Morgan fingerprint density at radius 3 is 2.22 bits per heavy atom. The Bertz CT molecular complexity index is 516. The molecule has 0 aliphatic rings. The van der Waals surface area contributed by atoms with Crippen LogP contribution in [-0.2, 0) is 0 Å². The van der Waals surface area contributed by atoms with Crippen LogP contribution in [0.2, 0.25) is 0 Å². The van der Waals surface area contributed by atoms with Crippen molar-refractivity contribution < 1.29 is 0 Å². The maximum Gasteiger partial charge on any atom is 0.224 e. The molecule has 3 heteroatoms. The number of hydrogen-bond donors (Lipinski definition) is 0. The van der Waals surface area contributed by atoms with Gasteiger partial charge in [0.1, 0.15) is 0 Å². The molecule has 0 bridgehead atoms. The van der Waals surface area contributed by atoms with Gasteiger partial charge in [0, 0.05) is 32.1 Å². The van der Waals surface area contributed by atoms with E-state index >= 15 is 0 Å². The molecule has 2 aromatic rings. The quantitative estimate of drug-likeness (QED) is 0.825. The first-order chi connectivity index (χ1) is 8.58. The number of rotatable bonds is 3. The van der Waals surface area contributed by atoms with Crippen LogP contribution in [0.15, 0.2) is 36.7 Å². The van der Waals surface area contributed by atoms with E-state index in [2.05, 4.69) is 48.1 Å². The van der Waals surface area contributed by atoms with Crippen LogP contribution in [0, 0.1) is 0 Å². The molecule has 3 nitrogen and oxygen atoms in total. The molecule has 94 valence electrons. The first-order valence-electron chi connectivity index (χ1n) is 6.17. The second kappa shape index (κ2) is 5.17. The molecule has 0 saturated heterocycles. The largest absolute Gasteiger partial charge is 0.347 e. The van der Waals surface area contributed by atoms with Crippen LogP contribution in [0.3, 0.4) is 0 Å². The fourth-order valence-corrected chi connectivity index (χ4v) is 1.78. The van der Waals surface area contributed by atoms with Crippen LogP contribution in [0.25, 0.3) is 11.1 Å². The van der Waals surface area contributed by atoms with Crippen molar-refractivity contribution in [3.63, 3.8) is 0 Å². The summed E-state index contributed by atoms with van der Waals surface area (Å²) in [5, 5.41) is 0. The molecule has 0 aliphatic heterocycles. The zero-order chi connectivity index (χ0) is 13.1. The molecule has 0 N–H and O–H groups in total. The molecule has 18 heavy (non-hydrogen) atoms. The predicted molar refractivity (Wildman–Crippen MR) is 75.9 cm³/mol. The van der Waals surface area contributed by atoms with E-state index in [4.69, 9.17) is 0 Å². The van der Waals surface area contributed by atoms with Crippen LogP contribution in [-0.4, -0.2) is 24.1 Å². The lowest BCUT2D eigenvalue weighted by Crippen LogP contribution is -2.12. The zero-order valence-corrected chi connectivity index (χ0v) is 11.4. The van der Waals surface area contributed by atoms with E-state index in [1.807, 2.05) is 31.4 Å². The van der Waals surface area contributed by atoms with Gasteiger partial charge >= 0.3 is 0 Å². The molecule has 0 unspecified atom stereocenters. The van der Waals surface area contributed by atoms with Crippen molar-refractivity contribution in [1.82, 2.24) is 9.97 Å². The number of anilines is 1. The molecule has 0 amide bonds. The van der Waals surface area contributed by atoms with Gasteiger partial charge in [-0.3, -0.25) is 0 Å². The van der Waals surface area contributed by atoms with Gasteiger partial charge in [-0.05, 0) is 17.0 Å². The summed E-state index contributed by atoms with van der Waals surface area (Å²) in [5.41, 5.74) is 3.57. The zero-order valence-electron chi connectivity index (χ0n) is 11.4. The standard InChI is InChI=1S/C15H19N3/c1-11(2)12-6-5-7-13(8-12)14-9-16-15(17-10-14)18(3)4/h5-11H,1-4H3. The normalized spacial score (nSPS) is 10.7. The molecule has 1 aromatic heterocycles. The lowest BCUT2D eigenvalue weighted by atomic mass is 9.99. The van der Waals surface area contributed by atoms with Crippen molar-refractivity contribution in [3.8, 4) is 11.1 Å². The lowest BCUT2D eigenvalue weighted by Gasteiger charge is -2.11. The van der Waals surface area contributed by atoms with Crippen molar-refractivity contribution in [3.05, 3.63) is 42.2 Å². The fraction of sp³-hybridized carbons (Fsp3) is 0.333. The van der Waals surface area contributed by atoms with Crippen molar-refractivity contribution in [2.45, 2.75) is 19.8 Å². The van der Waals surface area contributed by atoms with Crippen molar-refractivity contribution in [1.29, 1.82) is 0 Å². The van der Waals surface area contributed by atoms with Gasteiger partial charge in [-0.2, -0.15) is 0 Å². The molecule has 0 saturated carbocycles. The molecule has 0 radical (unpaired) electrons. The van der Waals surface area contributed by atoms with Gasteiger partial charge in [-0.1, -0.05) is 38.1 Å². The van der Waals surface area contributed by atoms with E-state index < -0.39 is 0 Å². The first kappa shape index (κ1) is 12.6. The van der Waals surface area contributed by atoms with E-state index in [1.54, 1.807) is 0 Å². The number of aromatic nitrogens is 2. The summed E-state index contributed by atoms with van der Waals surface area (Å²) in [6.45, 7) is 4.40. The van der Waals surface area contributed by atoms with Crippen molar-refractivity contribution >= 4 is 5.95 Å². The highest BCUT2D eigenvalue weighted by Gasteiger charge is 2.04. The van der Waals surface area contributed by atoms with E-state index in [0.717, 1.165) is 11.5 Å². The van der Waals surface area contributed by atoms with Crippen LogP contribution in [0.5, 0.6) is 0 Å². The van der Waals surface area contributed by atoms with Crippen molar-refractivity contribution in [2.24, 2.45) is 0 Å². The summed E-state index contributed by atoms with van der Waals surface area (Å²) in [6, 6.07) is 8.55. The summed E-state index contributed by atoms with van der Waals surface area (Å²) in [6.07, 6.45) is 3.75. The second-order valence-corrected chi connectivity index (χ2v) is 4.95. The third kappa shape index (κ3) is 2.67. The maximum atomic E-state index is 4.34. The lowest BCUT2D eigenvalue weighted by molar-refractivity contribution is 0.867. The van der Waals surface area contributed by atoms with Gasteiger partial charge in [0.25, 0.3) is 0 Å². The molecular formula is C15H19N3. The minimum Gasteiger partial charge on any atom is -0.347 e. The minimum absolute atomic E-state index is 0.534. The van der Waals surface area contributed by atoms with Crippen LogP contribution >= 0.6 is 0 Å².